The summed E-state index contributed by atoms with van der Waals surface area (Å²) in [6, 6.07) is 0. The van der Waals surface area contributed by atoms with Crippen molar-refractivity contribution in [3.8, 4) is 0 Å². The molecule has 2 N–H and O–H groups in total. The molecule has 0 bridgehead atoms. The van der Waals surface area contributed by atoms with Gasteiger partial charge in [0.2, 0.25) is 0 Å². The first-order valence-electron chi connectivity index (χ1n) is 7.42. The lowest BCUT2D eigenvalue weighted by Crippen LogP contribution is -2.44. The maximum atomic E-state index is 11.5. The smallest absolute Gasteiger partial charge is 0.153 e. The third-order valence-corrected chi connectivity index (χ3v) is 6.16. The molecule has 1 rings (SSSR count). The summed E-state index contributed by atoms with van der Waals surface area (Å²) >= 11 is 0. The second-order valence-electron chi connectivity index (χ2n) is 6.41. The molecule has 0 aromatic heterocycles. The Morgan fingerprint density at radius 2 is 1.90 bits per heavy atom. The summed E-state index contributed by atoms with van der Waals surface area (Å²) in [6.45, 7) is 4.36. The molecule has 0 saturated heterocycles. The van der Waals surface area contributed by atoms with Crippen molar-refractivity contribution < 1.29 is 18.3 Å². The quantitative estimate of drug-likeness (QED) is 0.702. The maximum absolute atomic E-state index is 11.5. The van der Waals surface area contributed by atoms with Crippen LogP contribution in [0, 0.1) is 0 Å². The summed E-state index contributed by atoms with van der Waals surface area (Å²) in [5, 5.41) is 12.9. The molecule has 120 valence electrons. The lowest BCUT2D eigenvalue weighted by Gasteiger charge is -2.25. The second-order valence-corrected chi connectivity index (χ2v) is 9.06. The molecular weight excluding hydrogens is 278 g/mol. The van der Waals surface area contributed by atoms with Crippen LogP contribution in [0.3, 0.4) is 0 Å². The highest BCUT2D eigenvalue weighted by atomic mass is 32.2. The van der Waals surface area contributed by atoms with Crippen molar-refractivity contribution in [3.63, 3.8) is 0 Å². The molecule has 1 saturated carbocycles. The van der Waals surface area contributed by atoms with Gasteiger partial charge in [-0.05, 0) is 26.7 Å². The van der Waals surface area contributed by atoms with Crippen LogP contribution in [0.2, 0.25) is 0 Å². The van der Waals surface area contributed by atoms with E-state index in [-0.39, 0.29) is 6.10 Å². The first-order chi connectivity index (χ1) is 9.22. The van der Waals surface area contributed by atoms with Crippen molar-refractivity contribution in [1.29, 1.82) is 0 Å². The van der Waals surface area contributed by atoms with E-state index in [2.05, 4.69) is 5.32 Å². The van der Waals surface area contributed by atoms with Crippen molar-refractivity contribution >= 4 is 9.84 Å². The largest absolute Gasteiger partial charge is 0.389 e. The van der Waals surface area contributed by atoms with Gasteiger partial charge in [0, 0.05) is 19.3 Å². The molecule has 6 heteroatoms. The highest BCUT2D eigenvalue weighted by Gasteiger charge is 2.29. The van der Waals surface area contributed by atoms with E-state index in [1.165, 1.54) is 25.5 Å². The van der Waals surface area contributed by atoms with Crippen molar-refractivity contribution in [2.24, 2.45) is 0 Å². The van der Waals surface area contributed by atoms with Crippen LogP contribution in [-0.2, 0) is 14.6 Å². The third-order valence-electron chi connectivity index (χ3n) is 4.01. The molecule has 0 amide bonds. The molecule has 1 atom stereocenters. The number of rotatable bonds is 8. The van der Waals surface area contributed by atoms with E-state index in [0.29, 0.717) is 19.7 Å². The Morgan fingerprint density at radius 3 is 2.45 bits per heavy atom. The number of ether oxygens (including phenoxy) is 1. The normalized spacial score (nSPS) is 20.0. The molecular formula is C14H29NO4S. The van der Waals surface area contributed by atoms with E-state index in [0.717, 1.165) is 12.8 Å². The predicted octanol–water partition coefficient (Wildman–Crippen LogP) is 1.11. The molecule has 0 spiro atoms. The van der Waals surface area contributed by atoms with Gasteiger partial charge < -0.3 is 15.2 Å². The average Bonchev–Trinajstić information content (AvgIpc) is 2.36. The van der Waals surface area contributed by atoms with E-state index in [1.54, 1.807) is 13.8 Å². The van der Waals surface area contributed by atoms with Crippen LogP contribution in [0.4, 0.5) is 0 Å². The minimum absolute atomic E-state index is 0.283. The molecule has 0 aromatic rings. The first kappa shape index (κ1) is 17.9. The zero-order valence-corrected chi connectivity index (χ0v) is 13.7. The first-order valence-corrected chi connectivity index (χ1v) is 9.31. The molecule has 20 heavy (non-hydrogen) atoms. The fourth-order valence-electron chi connectivity index (χ4n) is 2.21. The lowest BCUT2D eigenvalue weighted by atomic mass is 9.98. The van der Waals surface area contributed by atoms with Crippen molar-refractivity contribution in [2.45, 2.75) is 62.9 Å². The van der Waals surface area contributed by atoms with E-state index in [4.69, 9.17) is 4.74 Å². The molecule has 0 heterocycles. The predicted molar refractivity (Wildman–Crippen MR) is 80.6 cm³/mol. The van der Waals surface area contributed by atoms with Gasteiger partial charge in [-0.2, -0.15) is 0 Å². The molecule has 1 unspecified atom stereocenters. The average molecular weight is 307 g/mol. The van der Waals surface area contributed by atoms with Gasteiger partial charge in [0.25, 0.3) is 0 Å². The fourth-order valence-corrected chi connectivity index (χ4v) is 2.57. The summed E-state index contributed by atoms with van der Waals surface area (Å²) < 4.78 is 27.9. The highest BCUT2D eigenvalue weighted by Crippen LogP contribution is 2.20. The minimum atomic E-state index is -3.11. The van der Waals surface area contributed by atoms with Gasteiger partial charge in [-0.1, -0.05) is 19.3 Å². The second kappa shape index (κ2) is 7.73. The monoisotopic (exact) mass is 307 g/mol. The summed E-state index contributed by atoms with van der Waals surface area (Å²) in [5.74, 6) is 0. The van der Waals surface area contributed by atoms with Crippen LogP contribution >= 0.6 is 0 Å². The summed E-state index contributed by atoms with van der Waals surface area (Å²) in [4.78, 5) is 0. The van der Waals surface area contributed by atoms with E-state index < -0.39 is 20.7 Å². The lowest BCUT2D eigenvalue weighted by molar-refractivity contribution is -0.0229. The van der Waals surface area contributed by atoms with Crippen molar-refractivity contribution in [2.75, 3.05) is 26.0 Å². The molecule has 1 fully saturated rings. The number of aliphatic hydroxyl groups is 1. The van der Waals surface area contributed by atoms with Gasteiger partial charge in [0.1, 0.15) is 0 Å². The third kappa shape index (κ3) is 6.08. The number of hydrogen-bond acceptors (Lipinski definition) is 5. The SMILES string of the molecule is CC(C)(CNCC(O)COC1CCCCC1)S(C)(=O)=O. The number of hydrogen-bond donors (Lipinski definition) is 2. The van der Waals surface area contributed by atoms with Gasteiger partial charge in [-0.3, -0.25) is 0 Å². The Bertz CT molecular complexity index is 375. The molecule has 0 aliphatic heterocycles. The Labute approximate surface area is 123 Å². The Morgan fingerprint density at radius 1 is 1.30 bits per heavy atom. The molecule has 0 aromatic carbocycles. The topological polar surface area (TPSA) is 75.6 Å². The number of nitrogens with one attached hydrogen (secondary N) is 1. The van der Waals surface area contributed by atoms with Crippen LogP contribution in [0.1, 0.15) is 46.0 Å². The van der Waals surface area contributed by atoms with Crippen LogP contribution in [0.5, 0.6) is 0 Å². The number of sulfone groups is 1. The molecule has 1 aliphatic rings. The summed E-state index contributed by atoms with van der Waals surface area (Å²) in [7, 11) is -3.11. The zero-order chi connectivity index (χ0) is 15.2. The minimum Gasteiger partial charge on any atom is -0.389 e. The van der Waals surface area contributed by atoms with Crippen LogP contribution in [0.25, 0.3) is 0 Å². The maximum Gasteiger partial charge on any atom is 0.153 e. The van der Waals surface area contributed by atoms with E-state index >= 15 is 0 Å². The van der Waals surface area contributed by atoms with Crippen molar-refractivity contribution in [3.05, 3.63) is 0 Å². The standard InChI is InChI=1S/C14H29NO4S/c1-14(2,20(3,17)18)11-15-9-12(16)10-19-13-7-5-4-6-8-13/h12-13,15-16H,4-11H2,1-3H3. The summed E-state index contributed by atoms with van der Waals surface area (Å²) in [6.07, 6.45) is 6.80. The molecule has 0 radical (unpaired) electrons. The Kier molecular flexibility index (Phi) is 6.91. The Balaban J connectivity index is 2.18. The van der Waals surface area contributed by atoms with Crippen LogP contribution < -0.4 is 5.32 Å². The van der Waals surface area contributed by atoms with Gasteiger partial charge >= 0.3 is 0 Å². The van der Waals surface area contributed by atoms with Gasteiger partial charge in [-0.25, -0.2) is 8.42 Å². The highest BCUT2D eigenvalue weighted by molar-refractivity contribution is 7.92. The van der Waals surface area contributed by atoms with E-state index in [9.17, 15) is 13.5 Å². The van der Waals surface area contributed by atoms with Crippen LogP contribution in [0.15, 0.2) is 0 Å². The van der Waals surface area contributed by atoms with Gasteiger partial charge in [0.15, 0.2) is 9.84 Å². The van der Waals surface area contributed by atoms with Gasteiger partial charge in [-0.15, -0.1) is 0 Å². The van der Waals surface area contributed by atoms with Crippen LogP contribution in [-0.4, -0.2) is 56.4 Å². The Hall–Kier alpha value is -0.170. The molecule has 1 aliphatic carbocycles. The molecule has 5 nitrogen and oxygen atoms in total. The van der Waals surface area contributed by atoms with Crippen molar-refractivity contribution in [1.82, 2.24) is 5.32 Å². The van der Waals surface area contributed by atoms with E-state index in [1.807, 2.05) is 0 Å². The number of aliphatic hydroxyl groups excluding tert-OH is 1. The summed E-state index contributed by atoms with van der Waals surface area (Å²) in [5.41, 5.74) is 0. The zero-order valence-electron chi connectivity index (χ0n) is 12.9. The fraction of sp³-hybridized carbons (Fsp3) is 1.00. The van der Waals surface area contributed by atoms with Gasteiger partial charge in [0.05, 0.1) is 23.6 Å².